The van der Waals surface area contributed by atoms with Crippen LogP contribution in [0, 0.1) is 11.3 Å². The lowest BCUT2D eigenvalue weighted by molar-refractivity contribution is -0.113. The lowest BCUT2D eigenvalue weighted by Gasteiger charge is -2.06. The number of hydrogen-bond donors (Lipinski definition) is 2. The van der Waals surface area contributed by atoms with Gasteiger partial charge in [0.15, 0.2) is 5.82 Å². The first-order valence-corrected chi connectivity index (χ1v) is 8.87. The monoisotopic (exact) mass is 380 g/mol. The zero-order chi connectivity index (χ0) is 19.2. The Labute approximate surface area is 159 Å². The molecular weight excluding hydrogens is 364 g/mol. The summed E-state index contributed by atoms with van der Waals surface area (Å²) in [4.78, 5) is 12.1. The lowest BCUT2D eigenvalue weighted by atomic mass is 10.2. The van der Waals surface area contributed by atoms with Gasteiger partial charge in [-0.25, -0.2) is 4.68 Å². The van der Waals surface area contributed by atoms with Gasteiger partial charge in [-0.1, -0.05) is 17.8 Å². The summed E-state index contributed by atoms with van der Waals surface area (Å²) >= 11 is 1.17. The first-order chi connectivity index (χ1) is 13.1. The molecule has 0 fully saturated rings. The average Bonchev–Trinajstić information content (AvgIpc) is 3.07. The zero-order valence-electron chi connectivity index (χ0n) is 14.4. The van der Waals surface area contributed by atoms with E-state index in [1.165, 1.54) is 16.4 Å². The van der Waals surface area contributed by atoms with E-state index in [-0.39, 0.29) is 11.7 Å². The van der Waals surface area contributed by atoms with E-state index in [1.54, 1.807) is 43.5 Å². The molecule has 0 atom stereocenters. The molecule has 0 aliphatic rings. The highest BCUT2D eigenvalue weighted by Gasteiger charge is 2.14. The normalized spacial score (nSPS) is 10.2. The van der Waals surface area contributed by atoms with Gasteiger partial charge in [0.2, 0.25) is 11.1 Å². The summed E-state index contributed by atoms with van der Waals surface area (Å²) in [6, 6.07) is 16.0. The standard InChI is InChI=1S/C18H16N6O2S/c1-26-15-7-5-13(6-8-15)17-22-23-18(24(17)20)27-11-16(25)21-14-4-2-3-12(9-14)10-19/h2-9H,11,20H2,1H3,(H,21,25). The van der Waals surface area contributed by atoms with Crippen molar-refractivity contribution in [2.45, 2.75) is 5.16 Å². The molecule has 0 bridgehead atoms. The minimum absolute atomic E-state index is 0.106. The fourth-order valence-corrected chi connectivity index (χ4v) is 2.96. The Morgan fingerprint density at radius 3 is 2.78 bits per heavy atom. The molecule has 3 aromatic rings. The summed E-state index contributed by atoms with van der Waals surface area (Å²) < 4.78 is 6.47. The number of hydrogen-bond acceptors (Lipinski definition) is 7. The number of aromatic nitrogens is 3. The molecule has 0 aliphatic heterocycles. The fraction of sp³-hybridized carbons (Fsp3) is 0.111. The Bertz CT molecular complexity index is 994. The van der Waals surface area contributed by atoms with Crippen LogP contribution in [-0.4, -0.2) is 33.6 Å². The predicted octanol–water partition coefficient (Wildman–Crippen LogP) is 2.27. The van der Waals surface area contributed by atoms with Crippen LogP contribution in [-0.2, 0) is 4.79 Å². The number of ether oxygens (including phenoxy) is 1. The number of carbonyl (C=O) groups is 1. The number of anilines is 1. The Kier molecular flexibility index (Phi) is 5.58. The number of thioether (sulfide) groups is 1. The Balaban J connectivity index is 1.63. The number of amides is 1. The van der Waals surface area contributed by atoms with Gasteiger partial charge in [0, 0.05) is 11.3 Å². The van der Waals surface area contributed by atoms with Crippen LogP contribution in [0.1, 0.15) is 5.56 Å². The molecule has 3 rings (SSSR count). The van der Waals surface area contributed by atoms with Gasteiger partial charge >= 0.3 is 0 Å². The van der Waals surface area contributed by atoms with Gasteiger partial charge in [0.1, 0.15) is 5.75 Å². The van der Waals surface area contributed by atoms with Gasteiger partial charge in [-0.2, -0.15) is 5.26 Å². The van der Waals surface area contributed by atoms with Crippen molar-refractivity contribution in [2.75, 3.05) is 24.0 Å². The molecule has 0 radical (unpaired) electrons. The summed E-state index contributed by atoms with van der Waals surface area (Å²) in [5.41, 5.74) is 1.83. The molecule has 3 N–H and O–H groups in total. The summed E-state index contributed by atoms with van der Waals surface area (Å²) in [5, 5.41) is 20.2. The van der Waals surface area contributed by atoms with Gasteiger partial charge in [-0.05, 0) is 42.5 Å². The van der Waals surface area contributed by atoms with Crippen LogP contribution in [0.25, 0.3) is 11.4 Å². The fourth-order valence-electron chi connectivity index (χ4n) is 2.31. The van der Waals surface area contributed by atoms with Gasteiger partial charge in [0.05, 0.1) is 24.5 Å². The van der Waals surface area contributed by atoms with E-state index in [9.17, 15) is 4.79 Å². The topological polar surface area (TPSA) is 119 Å². The van der Waals surface area contributed by atoms with Gasteiger partial charge in [0.25, 0.3) is 0 Å². The average molecular weight is 380 g/mol. The molecule has 0 saturated heterocycles. The van der Waals surface area contributed by atoms with Crippen LogP contribution in [0.15, 0.2) is 53.7 Å². The lowest BCUT2D eigenvalue weighted by Crippen LogP contribution is -2.16. The van der Waals surface area contributed by atoms with Crippen molar-refractivity contribution in [3.8, 4) is 23.2 Å². The van der Waals surface area contributed by atoms with Crippen molar-refractivity contribution in [3.63, 3.8) is 0 Å². The number of rotatable bonds is 6. The second kappa shape index (κ2) is 8.25. The molecule has 9 heteroatoms. The van der Waals surface area contributed by atoms with E-state index in [4.69, 9.17) is 15.8 Å². The molecule has 0 saturated carbocycles. The van der Waals surface area contributed by atoms with Crippen LogP contribution in [0.5, 0.6) is 5.75 Å². The number of nitrogens with zero attached hydrogens (tertiary/aromatic N) is 4. The van der Waals surface area contributed by atoms with E-state index in [2.05, 4.69) is 15.5 Å². The van der Waals surface area contributed by atoms with E-state index in [0.717, 1.165) is 11.3 Å². The highest BCUT2D eigenvalue weighted by molar-refractivity contribution is 7.99. The summed E-state index contributed by atoms with van der Waals surface area (Å²) in [7, 11) is 1.59. The van der Waals surface area contributed by atoms with Gasteiger partial charge in [-0.3, -0.25) is 4.79 Å². The summed E-state index contributed by atoms with van der Waals surface area (Å²) in [6.07, 6.45) is 0. The highest BCUT2D eigenvalue weighted by atomic mass is 32.2. The second-order valence-corrected chi connectivity index (χ2v) is 6.38. The van der Waals surface area contributed by atoms with Crippen LogP contribution in [0.3, 0.4) is 0 Å². The summed E-state index contributed by atoms with van der Waals surface area (Å²) in [6.45, 7) is 0. The molecule has 136 valence electrons. The van der Waals surface area contributed by atoms with Crippen molar-refractivity contribution in [1.82, 2.24) is 14.9 Å². The SMILES string of the molecule is COc1ccc(-c2nnc(SCC(=O)Nc3cccc(C#N)c3)n2N)cc1. The van der Waals surface area contributed by atoms with Gasteiger partial charge in [-0.15, -0.1) is 10.2 Å². The Morgan fingerprint density at radius 1 is 1.30 bits per heavy atom. The number of nitriles is 1. The molecule has 0 aliphatic carbocycles. The molecule has 1 aromatic heterocycles. The maximum absolute atomic E-state index is 12.1. The predicted molar refractivity (Wildman–Crippen MR) is 103 cm³/mol. The van der Waals surface area contributed by atoms with Crippen LogP contribution in [0.4, 0.5) is 5.69 Å². The molecule has 1 heterocycles. The summed E-state index contributed by atoms with van der Waals surface area (Å²) in [5.74, 6) is 7.15. The van der Waals surface area contributed by atoms with Crippen molar-refractivity contribution < 1.29 is 9.53 Å². The Morgan fingerprint density at radius 2 is 2.07 bits per heavy atom. The third kappa shape index (κ3) is 4.37. The number of nitrogen functional groups attached to an aromatic ring is 1. The number of benzene rings is 2. The maximum Gasteiger partial charge on any atom is 0.234 e. The van der Waals surface area contributed by atoms with E-state index >= 15 is 0 Å². The van der Waals surface area contributed by atoms with E-state index in [1.807, 2.05) is 18.2 Å². The minimum atomic E-state index is -0.232. The maximum atomic E-state index is 12.1. The molecule has 27 heavy (non-hydrogen) atoms. The first kappa shape index (κ1) is 18.3. The third-order valence-electron chi connectivity index (χ3n) is 3.62. The van der Waals surface area contributed by atoms with Crippen LogP contribution in [0.2, 0.25) is 0 Å². The van der Waals surface area contributed by atoms with Crippen molar-refractivity contribution >= 4 is 23.4 Å². The van der Waals surface area contributed by atoms with Crippen molar-refractivity contribution in [3.05, 3.63) is 54.1 Å². The van der Waals surface area contributed by atoms with Gasteiger partial charge < -0.3 is 15.9 Å². The highest BCUT2D eigenvalue weighted by Crippen LogP contribution is 2.23. The Hall–Kier alpha value is -3.51. The quantitative estimate of drug-likeness (QED) is 0.497. The minimum Gasteiger partial charge on any atom is -0.497 e. The number of methoxy groups -OCH3 is 1. The zero-order valence-corrected chi connectivity index (χ0v) is 15.2. The van der Waals surface area contributed by atoms with Crippen molar-refractivity contribution in [2.24, 2.45) is 0 Å². The van der Waals surface area contributed by atoms with E-state index < -0.39 is 0 Å². The number of nitrogens with two attached hydrogens (primary N) is 1. The molecule has 0 unspecified atom stereocenters. The molecular formula is C18H16N6O2S. The molecule has 8 nitrogen and oxygen atoms in total. The molecule has 2 aromatic carbocycles. The smallest absolute Gasteiger partial charge is 0.234 e. The third-order valence-corrected chi connectivity index (χ3v) is 4.56. The van der Waals surface area contributed by atoms with E-state index in [0.29, 0.717) is 22.2 Å². The molecule has 0 spiro atoms. The first-order valence-electron chi connectivity index (χ1n) is 7.88. The largest absolute Gasteiger partial charge is 0.497 e. The van der Waals surface area contributed by atoms with Crippen LogP contribution < -0.4 is 15.9 Å². The molecule has 1 amide bonds. The number of nitrogens with one attached hydrogen (secondary N) is 1. The second-order valence-electron chi connectivity index (χ2n) is 5.43. The van der Waals surface area contributed by atoms with Crippen LogP contribution >= 0.6 is 11.8 Å². The number of carbonyl (C=O) groups excluding carboxylic acids is 1. The van der Waals surface area contributed by atoms with Crippen molar-refractivity contribution in [1.29, 1.82) is 5.26 Å².